The van der Waals surface area contributed by atoms with Gasteiger partial charge in [-0.1, -0.05) is 5.18 Å². The molecule has 1 aromatic carbocycles. The molecule has 0 unspecified atom stereocenters. The molecule has 2 rings (SSSR count). The molecule has 0 aliphatic heterocycles. The first kappa shape index (κ1) is 7.91. The van der Waals surface area contributed by atoms with Gasteiger partial charge in [-0.15, -0.1) is 0 Å². The fourth-order valence-electron chi connectivity index (χ4n) is 1.35. The molecule has 0 aliphatic rings. The molecule has 1 N–H and O–H groups in total. The zero-order valence-corrected chi connectivity index (χ0v) is 6.75. The van der Waals surface area contributed by atoms with Gasteiger partial charge in [0.2, 0.25) is 0 Å². The van der Waals surface area contributed by atoms with Crippen LogP contribution in [0.4, 0.5) is 4.39 Å². The highest BCUT2D eigenvalue weighted by Gasteiger charge is 2.03. The number of benzene rings is 1. The van der Waals surface area contributed by atoms with Crippen molar-refractivity contribution in [3.8, 4) is 0 Å². The summed E-state index contributed by atoms with van der Waals surface area (Å²) in [6.07, 6.45) is 1.67. The van der Waals surface area contributed by atoms with E-state index in [4.69, 9.17) is 0 Å². The highest BCUT2D eigenvalue weighted by Crippen LogP contribution is 2.19. The lowest BCUT2D eigenvalue weighted by Crippen LogP contribution is -1.78. The molecule has 0 amide bonds. The van der Waals surface area contributed by atoms with Crippen LogP contribution in [0.1, 0.15) is 5.56 Å². The normalized spacial score (nSPS) is 10.5. The summed E-state index contributed by atoms with van der Waals surface area (Å²) in [6, 6.07) is 4.41. The van der Waals surface area contributed by atoms with Crippen LogP contribution in [0.15, 0.2) is 29.6 Å². The van der Waals surface area contributed by atoms with E-state index in [1.165, 1.54) is 12.1 Å². The fraction of sp³-hybridized carbons (Fsp3) is 0.111. The molecule has 1 heterocycles. The zero-order chi connectivity index (χ0) is 9.26. The number of hydrogen-bond acceptors (Lipinski definition) is 2. The average molecular weight is 178 g/mol. The summed E-state index contributed by atoms with van der Waals surface area (Å²) in [5, 5.41) is 3.49. The van der Waals surface area contributed by atoms with Gasteiger partial charge in [-0.25, -0.2) is 4.39 Å². The van der Waals surface area contributed by atoms with E-state index >= 15 is 0 Å². The Morgan fingerprint density at radius 1 is 1.46 bits per heavy atom. The van der Waals surface area contributed by atoms with Crippen molar-refractivity contribution in [3.05, 3.63) is 40.7 Å². The van der Waals surface area contributed by atoms with Gasteiger partial charge in [0.1, 0.15) is 12.4 Å². The standard InChI is InChI=1S/C9H7FN2O/c10-7-1-2-9-8(3-7)6(4-11-9)5-12-13/h1-4,11H,5H2. The molecule has 0 atom stereocenters. The summed E-state index contributed by atoms with van der Waals surface area (Å²) in [7, 11) is 0. The second-order valence-corrected chi connectivity index (χ2v) is 2.79. The first-order valence-electron chi connectivity index (χ1n) is 3.86. The lowest BCUT2D eigenvalue weighted by molar-refractivity contribution is 0.629. The Balaban J connectivity index is 2.64. The summed E-state index contributed by atoms with van der Waals surface area (Å²) in [5.41, 5.74) is 1.55. The van der Waals surface area contributed by atoms with Crippen molar-refractivity contribution in [2.24, 2.45) is 5.18 Å². The minimum absolute atomic E-state index is 0.0729. The van der Waals surface area contributed by atoms with E-state index in [1.807, 2.05) is 0 Å². The summed E-state index contributed by atoms with van der Waals surface area (Å²) < 4.78 is 12.8. The van der Waals surface area contributed by atoms with Gasteiger partial charge in [0.15, 0.2) is 0 Å². The van der Waals surface area contributed by atoms with Crippen LogP contribution >= 0.6 is 0 Å². The number of nitroso groups, excluding NO2 is 1. The summed E-state index contributed by atoms with van der Waals surface area (Å²) in [5.74, 6) is -0.306. The van der Waals surface area contributed by atoms with Gasteiger partial charge < -0.3 is 4.98 Å². The van der Waals surface area contributed by atoms with Crippen molar-refractivity contribution < 1.29 is 4.39 Å². The van der Waals surface area contributed by atoms with E-state index in [9.17, 15) is 9.30 Å². The second kappa shape index (κ2) is 2.97. The number of H-pyrrole nitrogens is 1. The van der Waals surface area contributed by atoms with E-state index in [0.29, 0.717) is 0 Å². The molecule has 0 saturated heterocycles. The Morgan fingerprint density at radius 3 is 3.08 bits per heavy atom. The highest BCUT2D eigenvalue weighted by molar-refractivity contribution is 5.83. The zero-order valence-electron chi connectivity index (χ0n) is 6.75. The van der Waals surface area contributed by atoms with Crippen molar-refractivity contribution in [1.29, 1.82) is 0 Å². The van der Waals surface area contributed by atoms with E-state index in [2.05, 4.69) is 10.2 Å². The molecule has 1 aromatic heterocycles. The molecule has 3 nitrogen and oxygen atoms in total. The van der Waals surface area contributed by atoms with Crippen LogP contribution in [-0.4, -0.2) is 4.98 Å². The lowest BCUT2D eigenvalue weighted by Gasteiger charge is -1.92. The third kappa shape index (κ3) is 1.30. The number of hydrogen-bond donors (Lipinski definition) is 1. The minimum atomic E-state index is -0.306. The number of nitrogens with zero attached hydrogens (tertiary/aromatic N) is 1. The maximum Gasteiger partial charge on any atom is 0.123 e. The van der Waals surface area contributed by atoms with Crippen molar-refractivity contribution >= 4 is 10.9 Å². The molecule has 0 radical (unpaired) electrons. The first-order valence-corrected chi connectivity index (χ1v) is 3.86. The largest absolute Gasteiger partial charge is 0.361 e. The third-order valence-corrected chi connectivity index (χ3v) is 1.96. The lowest BCUT2D eigenvalue weighted by atomic mass is 10.2. The Kier molecular flexibility index (Phi) is 1.81. The minimum Gasteiger partial charge on any atom is -0.361 e. The average Bonchev–Trinajstić information content (AvgIpc) is 2.49. The molecule has 0 bridgehead atoms. The van der Waals surface area contributed by atoms with Gasteiger partial charge in [0.05, 0.1) is 0 Å². The van der Waals surface area contributed by atoms with Crippen molar-refractivity contribution in [2.75, 3.05) is 0 Å². The SMILES string of the molecule is O=NCc1c[nH]c2ccc(F)cc12. The maximum atomic E-state index is 12.8. The molecule has 0 fully saturated rings. The van der Waals surface area contributed by atoms with Crippen LogP contribution in [-0.2, 0) is 6.54 Å². The van der Waals surface area contributed by atoms with Crippen LogP contribution in [0.3, 0.4) is 0 Å². The second-order valence-electron chi connectivity index (χ2n) is 2.79. The molecule has 0 spiro atoms. The van der Waals surface area contributed by atoms with Crippen molar-refractivity contribution in [2.45, 2.75) is 6.54 Å². The van der Waals surface area contributed by atoms with Crippen LogP contribution in [0.25, 0.3) is 10.9 Å². The van der Waals surface area contributed by atoms with Crippen LogP contribution in [0.2, 0.25) is 0 Å². The summed E-state index contributed by atoms with van der Waals surface area (Å²) in [4.78, 5) is 13.0. The van der Waals surface area contributed by atoms with Crippen LogP contribution < -0.4 is 0 Å². The van der Waals surface area contributed by atoms with Gasteiger partial charge in [-0.05, 0) is 18.2 Å². The number of halogens is 1. The number of aromatic amines is 1. The third-order valence-electron chi connectivity index (χ3n) is 1.96. The van der Waals surface area contributed by atoms with E-state index in [0.717, 1.165) is 16.5 Å². The monoisotopic (exact) mass is 178 g/mol. The van der Waals surface area contributed by atoms with Crippen molar-refractivity contribution in [3.63, 3.8) is 0 Å². The number of fused-ring (bicyclic) bond motifs is 1. The fourth-order valence-corrected chi connectivity index (χ4v) is 1.35. The predicted octanol–water partition coefficient (Wildman–Crippen LogP) is 2.57. The van der Waals surface area contributed by atoms with Crippen LogP contribution in [0, 0.1) is 10.7 Å². The summed E-state index contributed by atoms with van der Waals surface area (Å²) >= 11 is 0. The topological polar surface area (TPSA) is 45.2 Å². The number of nitrogens with one attached hydrogen (secondary N) is 1. The molecule has 2 aromatic rings. The predicted molar refractivity (Wildman–Crippen MR) is 47.8 cm³/mol. The number of rotatable bonds is 2. The smallest absolute Gasteiger partial charge is 0.123 e. The van der Waals surface area contributed by atoms with Gasteiger partial charge in [-0.3, -0.25) is 0 Å². The van der Waals surface area contributed by atoms with Crippen LogP contribution in [0.5, 0.6) is 0 Å². The number of aromatic nitrogens is 1. The highest BCUT2D eigenvalue weighted by atomic mass is 19.1. The molecular formula is C9H7FN2O. The molecular weight excluding hydrogens is 171 g/mol. The Hall–Kier alpha value is -1.71. The van der Waals surface area contributed by atoms with Crippen molar-refractivity contribution in [1.82, 2.24) is 4.98 Å². The molecule has 4 heteroatoms. The molecule has 66 valence electrons. The Morgan fingerprint density at radius 2 is 2.31 bits per heavy atom. The van der Waals surface area contributed by atoms with Gasteiger partial charge in [-0.2, -0.15) is 4.91 Å². The quantitative estimate of drug-likeness (QED) is 0.705. The van der Waals surface area contributed by atoms with Gasteiger partial charge in [0.25, 0.3) is 0 Å². The van der Waals surface area contributed by atoms with E-state index < -0.39 is 0 Å². The first-order chi connectivity index (χ1) is 6.31. The Bertz CT molecular complexity index is 450. The van der Waals surface area contributed by atoms with Gasteiger partial charge >= 0.3 is 0 Å². The van der Waals surface area contributed by atoms with Gasteiger partial charge in [0, 0.05) is 22.7 Å². The summed E-state index contributed by atoms with van der Waals surface area (Å²) in [6.45, 7) is 0.0729. The molecule has 13 heavy (non-hydrogen) atoms. The maximum absolute atomic E-state index is 12.8. The Labute approximate surface area is 73.5 Å². The van der Waals surface area contributed by atoms with E-state index in [-0.39, 0.29) is 12.4 Å². The molecule has 0 aliphatic carbocycles. The van der Waals surface area contributed by atoms with E-state index in [1.54, 1.807) is 12.3 Å². The molecule has 0 saturated carbocycles.